The smallest absolute Gasteiger partial charge is 0.232 e. The van der Waals surface area contributed by atoms with E-state index in [9.17, 15) is 4.79 Å². The molecule has 2 atom stereocenters. The molecule has 0 aliphatic carbocycles. The molecule has 0 aromatic carbocycles. The topological polar surface area (TPSA) is 81.3 Å². The van der Waals surface area contributed by atoms with Crippen LogP contribution in [0.3, 0.4) is 0 Å². The fraction of sp³-hybridized carbons (Fsp3) is 0.545. The number of carbonyl (C=O) groups is 1. The Bertz CT molecular complexity index is 468. The molecular weight excluding hydrogens is 300 g/mol. The quantitative estimate of drug-likeness (QED) is 0.892. The summed E-state index contributed by atoms with van der Waals surface area (Å²) in [5.74, 6) is 0.832. The molecule has 1 amide bonds. The van der Waals surface area contributed by atoms with E-state index in [-0.39, 0.29) is 17.7 Å². The first-order chi connectivity index (χ1) is 8.52. The summed E-state index contributed by atoms with van der Waals surface area (Å²) in [6.07, 6.45) is 1.64. The summed E-state index contributed by atoms with van der Waals surface area (Å²) in [6, 6.07) is 0. The van der Waals surface area contributed by atoms with Crippen molar-refractivity contribution in [2.75, 3.05) is 25.1 Å². The van der Waals surface area contributed by atoms with Gasteiger partial charge in [0, 0.05) is 13.1 Å². The number of rotatable bonds is 3. The molecule has 6 nitrogen and oxygen atoms in total. The van der Waals surface area contributed by atoms with E-state index in [2.05, 4.69) is 25.9 Å². The van der Waals surface area contributed by atoms with E-state index in [1.807, 2.05) is 11.8 Å². The van der Waals surface area contributed by atoms with Crippen LogP contribution in [0.5, 0.6) is 5.88 Å². The lowest BCUT2D eigenvalue weighted by Gasteiger charge is -2.16. The number of nitrogens with two attached hydrogens (primary N) is 1. The molecule has 1 fully saturated rings. The third-order valence-corrected chi connectivity index (χ3v) is 3.70. The SMILES string of the molecule is COc1nc(N2C[C@@H](C)[C@H](C(N)=O)C2)ncc1Br. The Kier molecular flexibility index (Phi) is 3.70. The molecule has 1 aromatic heterocycles. The number of carbonyl (C=O) groups excluding carboxylic acids is 1. The highest BCUT2D eigenvalue weighted by Gasteiger charge is 2.34. The van der Waals surface area contributed by atoms with Crippen LogP contribution in [0.2, 0.25) is 0 Å². The first-order valence-corrected chi connectivity index (χ1v) is 6.43. The summed E-state index contributed by atoms with van der Waals surface area (Å²) >= 11 is 3.30. The lowest BCUT2D eigenvalue weighted by atomic mass is 9.98. The second-order valence-corrected chi connectivity index (χ2v) is 5.27. The van der Waals surface area contributed by atoms with Gasteiger partial charge in [-0.05, 0) is 21.8 Å². The molecule has 0 bridgehead atoms. The van der Waals surface area contributed by atoms with Crippen LogP contribution in [0, 0.1) is 11.8 Å². The number of amides is 1. The monoisotopic (exact) mass is 314 g/mol. The fourth-order valence-corrected chi connectivity index (χ4v) is 2.49. The number of hydrogen-bond donors (Lipinski definition) is 1. The van der Waals surface area contributed by atoms with Gasteiger partial charge in [-0.3, -0.25) is 4.79 Å². The predicted molar refractivity (Wildman–Crippen MR) is 70.3 cm³/mol. The van der Waals surface area contributed by atoms with Gasteiger partial charge in [0.2, 0.25) is 17.7 Å². The molecular formula is C11H15BrN4O2. The molecule has 98 valence electrons. The Labute approximate surface area is 114 Å². The van der Waals surface area contributed by atoms with Gasteiger partial charge in [0.15, 0.2) is 0 Å². The molecule has 0 saturated carbocycles. The molecule has 1 aromatic rings. The summed E-state index contributed by atoms with van der Waals surface area (Å²) in [5.41, 5.74) is 5.37. The molecule has 2 rings (SSSR count). The minimum absolute atomic E-state index is 0.150. The number of aromatic nitrogens is 2. The van der Waals surface area contributed by atoms with E-state index in [4.69, 9.17) is 10.5 Å². The van der Waals surface area contributed by atoms with Crippen molar-refractivity contribution >= 4 is 27.8 Å². The second-order valence-electron chi connectivity index (χ2n) is 4.42. The minimum Gasteiger partial charge on any atom is -0.480 e. The Morgan fingerprint density at radius 1 is 1.61 bits per heavy atom. The lowest BCUT2D eigenvalue weighted by Crippen LogP contribution is -2.29. The van der Waals surface area contributed by atoms with Crippen LogP contribution in [-0.2, 0) is 4.79 Å². The van der Waals surface area contributed by atoms with Crippen LogP contribution in [0.15, 0.2) is 10.7 Å². The molecule has 1 aliphatic heterocycles. The van der Waals surface area contributed by atoms with Crippen LogP contribution in [0.25, 0.3) is 0 Å². The standard InChI is InChI=1S/C11H15BrN4O2/c1-6-4-16(5-7(6)9(13)17)11-14-3-8(12)10(15-11)18-2/h3,6-7H,4-5H2,1-2H3,(H2,13,17)/t6-,7-/m1/s1. The van der Waals surface area contributed by atoms with Gasteiger partial charge in [0.05, 0.1) is 23.7 Å². The van der Waals surface area contributed by atoms with E-state index < -0.39 is 0 Å². The van der Waals surface area contributed by atoms with E-state index in [1.54, 1.807) is 13.3 Å². The zero-order valence-corrected chi connectivity index (χ0v) is 11.8. The van der Waals surface area contributed by atoms with Crippen molar-refractivity contribution in [1.82, 2.24) is 9.97 Å². The molecule has 2 heterocycles. The third kappa shape index (κ3) is 2.40. The number of halogens is 1. The maximum Gasteiger partial charge on any atom is 0.232 e. The number of anilines is 1. The van der Waals surface area contributed by atoms with Crippen molar-refractivity contribution in [1.29, 1.82) is 0 Å². The van der Waals surface area contributed by atoms with Crippen LogP contribution in [0.4, 0.5) is 5.95 Å². The zero-order valence-electron chi connectivity index (χ0n) is 10.3. The predicted octanol–water partition coefficient (Wildman–Crippen LogP) is 0.805. The van der Waals surface area contributed by atoms with Gasteiger partial charge in [-0.15, -0.1) is 0 Å². The summed E-state index contributed by atoms with van der Waals surface area (Å²) in [6.45, 7) is 3.28. The molecule has 0 unspecified atom stereocenters. The average molecular weight is 315 g/mol. The Balaban J connectivity index is 2.21. The van der Waals surface area contributed by atoms with E-state index >= 15 is 0 Å². The van der Waals surface area contributed by atoms with Gasteiger partial charge < -0.3 is 15.4 Å². The van der Waals surface area contributed by atoms with Crippen LogP contribution >= 0.6 is 15.9 Å². The fourth-order valence-electron chi connectivity index (χ4n) is 2.14. The Morgan fingerprint density at radius 3 is 2.89 bits per heavy atom. The largest absolute Gasteiger partial charge is 0.480 e. The van der Waals surface area contributed by atoms with Crippen molar-refractivity contribution in [3.05, 3.63) is 10.7 Å². The van der Waals surface area contributed by atoms with Gasteiger partial charge in [-0.25, -0.2) is 4.98 Å². The van der Waals surface area contributed by atoms with Gasteiger partial charge in [-0.1, -0.05) is 6.92 Å². The number of nitrogens with zero attached hydrogens (tertiary/aromatic N) is 3. The van der Waals surface area contributed by atoms with Crippen LogP contribution in [-0.4, -0.2) is 36.1 Å². The molecule has 0 spiro atoms. The highest BCUT2D eigenvalue weighted by atomic mass is 79.9. The summed E-state index contributed by atoms with van der Waals surface area (Å²) < 4.78 is 5.83. The number of methoxy groups -OCH3 is 1. The second kappa shape index (κ2) is 5.09. The van der Waals surface area contributed by atoms with Crippen molar-refractivity contribution in [2.24, 2.45) is 17.6 Å². The van der Waals surface area contributed by atoms with Crippen molar-refractivity contribution in [3.63, 3.8) is 0 Å². The Morgan fingerprint density at radius 2 is 2.33 bits per heavy atom. The average Bonchev–Trinajstić information content (AvgIpc) is 2.72. The molecule has 1 saturated heterocycles. The number of ether oxygens (including phenoxy) is 1. The van der Waals surface area contributed by atoms with Gasteiger partial charge >= 0.3 is 0 Å². The molecule has 18 heavy (non-hydrogen) atoms. The van der Waals surface area contributed by atoms with Crippen LogP contribution < -0.4 is 15.4 Å². The summed E-state index contributed by atoms with van der Waals surface area (Å²) in [7, 11) is 1.55. The first kappa shape index (κ1) is 13.1. The third-order valence-electron chi connectivity index (χ3n) is 3.15. The van der Waals surface area contributed by atoms with Crippen molar-refractivity contribution in [2.45, 2.75) is 6.92 Å². The number of hydrogen-bond acceptors (Lipinski definition) is 5. The maximum absolute atomic E-state index is 11.3. The highest BCUT2D eigenvalue weighted by Crippen LogP contribution is 2.28. The van der Waals surface area contributed by atoms with Gasteiger partial charge in [0.25, 0.3) is 0 Å². The van der Waals surface area contributed by atoms with Crippen molar-refractivity contribution in [3.8, 4) is 5.88 Å². The molecule has 1 aliphatic rings. The molecule has 0 radical (unpaired) electrons. The van der Waals surface area contributed by atoms with E-state index in [1.165, 1.54) is 0 Å². The zero-order chi connectivity index (χ0) is 13.3. The Hall–Kier alpha value is -1.37. The normalized spacial score (nSPS) is 23.2. The van der Waals surface area contributed by atoms with Crippen molar-refractivity contribution < 1.29 is 9.53 Å². The summed E-state index contributed by atoms with van der Waals surface area (Å²) in [4.78, 5) is 21.8. The summed E-state index contributed by atoms with van der Waals surface area (Å²) in [5, 5.41) is 0. The molecule has 2 N–H and O–H groups in total. The highest BCUT2D eigenvalue weighted by molar-refractivity contribution is 9.10. The van der Waals surface area contributed by atoms with Crippen LogP contribution in [0.1, 0.15) is 6.92 Å². The van der Waals surface area contributed by atoms with E-state index in [0.29, 0.717) is 22.8 Å². The first-order valence-electron chi connectivity index (χ1n) is 5.63. The molecule has 7 heteroatoms. The maximum atomic E-state index is 11.3. The minimum atomic E-state index is -0.269. The van der Waals surface area contributed by atoms with Gasteiger partial charge in [-0.2, -0.15) is 4.98 Å². The number of primary amides is 1. The van der Waals surface area contributed by atoms with E-state index in [0.717, 1.165) is 6.54 Å². The lowest BCUT2D eigenvalue weighted by molar-refractivity contribution is -0.122. The van der Waals surface area contributed by atoms with Gasteiger partial charge in [0.1, 0.15) is 0 Å².